The average Bonchev–Trinajstić information content (AvgIpc) is 1.64. The largest absolute Gasteiger partial charge is 0.478 e. The van der Waals surface area contributed by atoms with E-state index in [9.17, 15) is 24.6 Å². The molecule has 0 saturated heterocycles. The first kappa shape index (κ1) is 66.1. The zero-order valence-corrected chi connectivity index (χ0v) is 63.3. The first-order valence-corrected chi connectivity index (χ1v) is 42.0. The lowest BCUT2D eigenvalue weighted by atomic mass is 9.73. The molecule has 15 heteroatoms. The van der Waals surface area contributed by atoms with Crippen molar-refractivity contribution in [3.63, 3.8) is 0 Å². The molecule has 0 atom stereocenters. The van der Waals surface area contributed by atoms with Gasteiger partial charge in [0, 0.05) is 184 Å². The minimum Gasteiger partial charge on any atom is -0.478 e. The maximum absolute atomic E-state index is 13.5. The molecule has 0 bridgehead atoms. The number of carboxylic acid groups (broad SMARTS) is 2. The molecular formula is C96H92N6O9+2. The van der Waals surface area contributed by atoms with Crippen LogP contribution in [0.5, 0.6) is 34.5 Å². The van der Waals surface area contributed by atoms with Crippen LogP contribution >= 0.6 is 0 Å². The topological polar surface area (TPSA) is 148 Å². The Morgan fingerprint density at radius 1 is 0.333 bits per heavy atom. The Morgan fingerprint density at radius 3 is 1.08 bits per heavy atom. The quantitative estimate of drug-likeness (QED) is 0.127. The predicted molar refractivity (Wildman–Crippen MR) is 430 cm³/mol. The molecule has 0 fully saturated rings. The Balaban J connectivity index is 0.0000000996. The van der Waals surface area contributed by atoms with Crippen molar-refractivity contribution in [3.8, 4) is 34.5 Å². The molecular weight excluding hydrogens is 1380 g/mol. The minimum absolute atomic E-state index is 0.226. The van der Waals surface area contributed by atoms with Gasteiger partial charge in [-0.2, -0.15) is 0 Å². The summed E-state index contributed by atoms with van der Waals surface area (Å²) >= 11 is 0. The van der Waals surface area contributed by atoms with E-state index >= 15 is 0 Å². The van der Waals surface area contributed by atoms with Crippen molar-refractivity contribution in [1.29, 1.82) is 0 Å². The fourth-order valence-electron chi connectivity index (χ4n) is 23.7. The van der Waals surface area contributed by atoms with E-state index in [1.807, 2.05) is 54.6 Å². The third-order valence-corrected chi connectivity index (χ3v) is 27.9. The third-order valence-electron chi connectivity index (χ3n) is 27.9. The molecule has 16 heterocycles. The van der Waals surface area contributed by atoms with Crippen molar-refractivity contribution in [2.45, 2.75) is 160 Å². The number of hydrogen-bond donors (Lipinski definition) is 2. The van der Waals surface area contributed by atoms with Gasteiger partial charge in [0.25, 0.3) is 0 Å². The van der Waals surface area contributed by atoms with E-state index in [1.54, 1.807) is 12.1 Å². The van der Waals surface area contributed by atoms with Gasteiger partial charge in [-0.25, -0.2) is 23.5 Å². The second-order valence-electron chi connectivity index (χ2n) is 34.0. The van der Waals surface area contributed by atoms with Crippen LogP contribution in [0.25, 0.3) is 11.1 Å². The second kappa shape index (κ2) is 25.4. The molecule has 16 aliphatic rings. The fourth-order valence-corrected chi connectivity index (χ4v) is 23.7. The summed E-state index contributed by atoms with van der Waals surface area (Å²) in [5.41, 5.74) is 31.2. The molecule has 9 aromatic carbocycles. The summed E-state index contributed by atoms with van der Waals surface area (Å²) in [5, 5.41) is 25.3. The first-order chi connectivity index (χ1) is 54.6. The monoisotopic (exact) mass is 1470 g/mol. The third kappa shape index (κ3) is 9.83. The maximum atomic E-state index is 13.5. The molecule has 1 spiro atoms. The number of anilines is 4. The number of aryl methyl sites for hydroxylation is 6. The standard InChI is InChI=1S/3C32H30N2O3/c35-31-21-9-1-2-12-24(21)32(37-31)25-17-19-7-3-13-33-15-5-10-22(27(19)33)29(25)36-30-23-11-6-16-34-14-4-8-20(28(23)34)18-26(30)32;2*35-32(36)22-10-2-1-9-21(22)27-25-17-19-7-3-13-33-15-5-11-23(28(19)33)30(25)37-31-24-12-6-16-34-14-4-8-20(29(24)34)18-26(27)31/h1-2,9,12,17-18H,3-8,10-11,13-16H2;2*1-2,9-10,17-18H,3-8,11-16H2/p+2. The highest BCUT2D eigenvalue weighted by atomic mass is 16.6. The summed E-state index contributed by atoms with van der Waals surface area (Å²) in [6.45, 7) is 13.4. The summed E-state index contributed by atoms with van der Waals surface area (Å²) < 4.78 is 33.0. The van der Waals surface area contributed by atoms with Crippen molar-refractivity contribution in [2.75, 3.05) is 98.1 Å². The molecule has 0 saturated carbocycles. The van der Waals surface area contributed by atoms with Crippen molar-refractivity contribution >= 4 is 51.8 Å². The average molecular weight is 1470 g/mol. The second-order valence-corrected chi connectivity index (χ2v) is 34.0. The molecule has 2 N–H and O–H groups in total. The molecule has 0 unspecified atom stereocenters. The smallest absolute Gasteiger partial charge is 0.340 e. The van der Waals surface area contributed by atoms with Gasteiger partial charge in [-0.05, 0) is 216 Å². The number of hydrogen-bond acceptors (Lipinski definition) is 11. The molecule has 9 aromatic rings. The SMILES string of the molecule is O=C(O)c1ccccc1C1=c2cc3c4c(c2Oc2c1cc1c5c2CCCN5CCC1)CCC[N+]=4CCC3.O=C(O)c1ccccc1C1=c2cc3c4c(c2Oc2c1cc1c5c2CCCN5CCC1)CCC[N+]=4CCC3.O=C1OC2(c3ccccc31)c1cc3c4c(c1Oc1c2cc2c5c1CCCN5CCC2)CCCN4CCC3. The highest BCUT2D eigenvalue weighted by Gasteiger charge is 2.56. The van der Waals surface area contributed by atoms with Gasteiger partial charge in [0.15, 0.2) is 5.60 Å². The molecule has 558 valence electrons. The molecule has 0 aliphatic carbocycles. The van der Waals surface area contributed by atoms with Crippen LogP contribution in [0.3, 0.4) is 0 Å². The van der Waals surface area contributed by atoms with E-state index in [-0.39, 0.29) is 5.97 Å². The van der Waals surface area contributed by atoms with Crippen LogP contribution in [-0.2, 0) is 87.4 Å². The minimum atomic E-state index is -0.951. The number of benzene rings is 9. The zero-order valence-electron chi connectivity index (χ0n) is 63.3. The van der Waals surface area contributed by atoms with Crippen LogP contribution in [0.15, 0.2) is 109 Å². The highest BCUT2D eigenvalue weighted by molar-refractivity contribution is 6.02. The Bertz CT molecular complexity index is 5650. The number of carboxylic acids is 2. The summed E-state index contributed by atoms with van der Waals surface area (Å²) in [4.78, 5) is 48.6. The van der Waals surface area contributed by atoms with Gasteiger partial charge in [0.2, 0.25) is 10.7 Å². The molecule has 0 amide bonds. The number of rotatable bonds is 4. The van der Waals surface area contributed by atoms with Crippen molar-refractivity contribution in [1.82, 2.24) is 9.15 Å². The van der Waals surface area contributed by atoms with Crippen LogP contribution < -0.4 is 64.1 Å². The molecule has 0 aromatic heterocycles. The van der Waals surface area contributed by atoms with Crippen molar-refractivity contribution < 1.29 is 43.5 Å². The Hall–Kier alpha value is -10.7. The van der Waals surface area contributed by atoms with Gasteiger partial charge in [0.1, 0.15) is 60.7 Å². The van der Waals surface area contributed by atoms with Crippen LogP contribution in [-0.4, -0.2) is 107 Å². The number of carbonyl (C=O) groups excluding carboxylic acids is 1. The molecule has 16 aliphatic heterocycles. The zero-order chi connectivity index (χ0) is 73.6. The normalized spacial score (nSPS) is 19.7. The van der Waals surface area contributed by atoms with Gasteiger partial charge in [-0.15, -0.1) is 0 Å². The molecule has 111 heavy (non-hydrogen) atoms. The highest BCUT2D eigenvalue weighted by Crippen LogP contribution is 2.62. The number of fused-ring (bicyclic) bond motifs is 16. The van der Waals surface area contributed by atoms with E-state index in [1.165, 1.54) is 113 Å². The van der Waals surface area contributed by atoms with Crippen LogP contribution in [0, 0.1) is 0 Å². The Kier molecular flexibility index (Phi) is 15.2. The lowest BCUT2D eigenvalue weighted by Gasteiger charge is -2.45. The first-order valence-electron chi connectivity index (χ1n) is 42.0. The molecule has 25 rings (SSSR count). The van der Waals surface area contributed by atoms with E-state index in [4.69, 9.17) is 18.9 Å². The number of nitrogens with zero attached hydrogens (tertiary/aromatic N) is 6. The number of esters is 1. The lowest BCUT2D eigenvalue weighted by Crippen LogP contribution is -2.45. The maximum Gasteiger partial charge on any atom is 0.340 e. The molecule has 15 nitrogen and oxygen atoms in total. The summed E-state index contributed by atoms with van der Waals surface area (Å²) in [7, 11) is 0. The van der Waals surface area contributed by atoms with Crippen molar-refractivity contribution in [2.24, 2.45) is 0 Å². The Morgan fingerprint density at radius 2 is 0.667 bits per heavy atom. The van der Waals surface area contributed by atoms with Gasteiger partial charge < -0.3 is 48.8 Å². The van der Waals surface area contributed by atoms with E-state index in [2.05, 4.69) is 71.2 Å². The van der Waals surface area contributed by atoms with Gasteiger partial charge in [0.05, 0.1) is 27.8 Å². The summed E-state index contributed by atoms with van der Waals surface area (Å²) in [5.74, 6) is 3.79. The Labute approximate surface area is 646 Å². The van der Waals surface area contributed by atoms with Gasteiger partial charge >= 0.3 is 17.9 Å². The van der Waals surface area contributed by atoms with E-state index < -0.39 is 17.5 Å². The predicted octanol–water partition coefficient (Wildman–Crippen LogP) is 13.3. The number of ether oxygens (including phenoxy) is 4. The number of aromatic carboxylic acids is 2. The van der Waals surface area contributed by atoms with Crippen LogP contribution in [0.2, 0.25) is 0 Å². The van der Waals surface area contributed by atoms with E-state index in [0.717, 1.165) is 315 Å². The lowest BCUT2D eigenvalue weighted by molar-refractivity contribution is 0.0222. The summed E-state index contributed by atoms with van der Waals surface area (Å²) in [6, 6.07) is 37.1. The van der Waals surface area contributed by atoms with E-state index in [0.29, 0.717) is 16.7 Å². The fraction of sp³-hybridized carbons (Fsp3) is 0.385. The van der Waals surface area contributed by atoms with Crippen molar-refractivity contribution in [3.05, 3.63) is 253 Å². The summed E-state index contributed by atoms with van der Waals surface area (Å²) in [6.07, 6.45) is 26.2. The van der Waals surface area contributed by atoms with Crippen LogP contribution in [0.4, 0.5) is 22.7 Å². The molecule has 0 radical (unpaired) electrons. The van der Waals surface area contributed by atoms with Gasteiger partial charge in [-0.1, -0.05) is 54.6 Å². The van der Waals surface area contributed by atoms with Crippen LogP contribution in [0.1, 0.15) is 214 Å². The van der Waals surface area contributed by atoms with Gasteiger partial charge in [-0.3, -0.25) is 0 Å². The number of carbonyl (C=O) groups is 3.